The van der Waals surface area contributed by atoms with E-state index in [1.807, 2.05) is 24.3 Å². The van der Waals surface area contributed by atoms with Gasteiger partial charge in [-0.05, 0) is 88.7 Å². The van der Waals surface area contributed by atoms with Crippen LogP contribution < -0.4 is 24.8 Å². The second-order valence-electron chi connectivity index (χ2n) is 19.1. The maximum atomic E-state index is 15.0. The lowest BCUT2D eigenvalue weighted by Gasteiger charge is -2.32. The highest BCUT2D eigenvalue weighted by Gasteiger charge is 2.63. The van der Waals surface area contributed by atoms with E-state index in [0.29, 0.717) is 56.2 Å². The van der Waals surface area contributed by atoms with Crippen molar-refractivity contribution in [2.75, 3.05) is 46.0 Å². The zero-order valence-corrected chi connectivity index (χ0v) is 37.1. The van der Waals surface area contributed by atoms with E-state index in [4.69, 9.17) is 23.9 Å². The van der Waals surface area contributed by atoms with Gasteiger partial charge >= 0.3 is 6.09 Å². The molecular formula is C46H62N6O10S. The minimum absolute atomic E-state index is 0.000444. The third kappa shape index (κ3) is 9.24. The van der Waals surface area contributed by atoms with Gasteiger partial charge in [-0.3, -0.25) is 24.0 Å². The van der Waals surface area contributed by atoms with Gasteiger partial charge in [0.25, 0.3) is 5.91 Å². The van der Waals surface area contributed by atoms with Crippen molar-refractivity contribution in [3.8, 4) is 11.6 Å². The van der Waals surface area contributed by atoms with E-state index in [-0.39, 0.29) is 37.3 Å². The number of alkyl carbamates (subject to hydrolysis) is 1. The predicted molar refractivity (Wildman–Crippen MR) is 232 cm³/mol. The second kappa shape index (κ2) is 17.8. The van der Waals surface area contributed by atoms with Crippen molar-refractivity contribution in [3.63, 3.8) is 0 Å². The summed E-state index contributed by atoms with van der Waals surface area (Å²) in [5, 5.41) is 6.70. The van der Waals surface area contributed by atoms with Crippen molar-refractivity contribution in [1.29, 1.82) is 0 Å². The topological polar surface area (TPSA) is 195 Å². The maximum absolute atomic E-state index is 15.0. The molecule has 2 saturated heterocycles. The Balaban J connectivity index is 1.04. The number of hydrogen-bond donors (Lipinski definition) is 3. The average molecular weight is 891 g/mol. The zero-order chi connectivity index (χ0) is 43.9. The minimum Gasteiger partial charge on any atom is -0.491 e. The van der Waals surface area contributed by atoms with Crippen LogP contribution in [0.3, 0.4) is 0 Å². The molecule has 7 atom stereocenters. The molecule has 63 heavy (non-hydrogen) atoms. The predicted octanol–water partition coefficient (Wildman–Crippen LogP) is 4.14. The van der Waals surface area contributed by atoms with Gasteiger partial charge < -0.3 is 34.5 Å². The number of pyridine rings is 1. The van der Waals surface area contributed by atoms with Gasteiger partial charge in [0.05, 0.1) is 35.6 Å². The first-order valence-electron chi connectivity index (χ1n) is 23.2. The Bertz CT molecular complexity index is 2210. The smallest absolute Gasteiger partial charge is 0.408 e. The van der Waals surface area contributed by atoms with E-state index in [0.717, 1.165) is 88.4 Å². The first-order chi connectivity index (χ1) is 30.4. The standard InChI is InChI=1S/C46H62N6O10S/c1-3-31-27-46(31,43(55)50-63(57,58)45(2)17-18-45)49-40(53)36-26-32-28-52(36)42(54)38(29-11-7-8-12-29)48-44(56)62-37-25-30(37)13-5-4-6-15-34-39(60-24-21-51-19-22-59-23-20-51)33-14-9-10-16-35(33)47-41(34)61-32/h3,9-10,14,16,29-32,36-38H,1,4-8,11-13,15,17-28H2,2H3,(H,48,56)(H,49,53)(H,50,55)/t30?,31-,32-,36+,37-,38+,46-/m1/s1. The van der Waals surface area contributed by atoms with E-state index in [1.165, 1.54) is 11.0 Å². The lowest BCUT2D eigenvalue weighted by atomic mass is 9.96. The summed E-state index contributed by atoms with van der Waals surface area (Å²) in [6.07, 6.45) is 9.37. The van der Waals surface area contributed by atoms with Crippen molar-refractivity contribution in [3.05, 3.63) is 42.5 Å². The zero-order valence-electron chi connectivity index (χ0n) is 36.3. The van der Waals surface area contributed by atoms with Gasteiger partial charge in [-0.2, -0.15) is 0 Å². The van der Waals surface area contributed by atoms with Gasteiger partial charge in [0.15, 0.2) is 0 Å². The van der Waals surface area contributed by atoms with Crippen LogP contribution in [0.15, 0.2) is 36.9 Å². The Hall–Kier alpha value is -4.48. The number of rotatable bonds is 11. The molecule has 2 bridgehead atoms. The lowest BCUT2D eigenvalue weighted by molar-refractivity contribution is -0.142. The average Bonchev–Trinajstić information content (AvgIpc) is 4.22. The molecule has 3 N–H and O–H groups in total. The molecule has 7 aliphatic rings. The third-order valence-electron chi connectivity index (χ3n) is 14.7. The molecule has 4 heterocycles. The van der Waals surface area contributed by atoms with Crippen LogP contribution in [-0.2, 0) is 40.3 Å². The number of hydrogen-bond acceptors (Lipinski definition) is 12. The number of nitrogens with zero attached hydrogens (tertiary/aromatic N) is 3. The molecule has 1 aromatic carbocycles. The molecule has 4 aliphatic carbocycles. The van der Waals surface area contributed by atoms with E-state index in [1.54, 1.807) is 6.92 Å². The molecule has 6 fully saturated rings. The Morgan fingerprint density at radius 2 is 1.76 bits per heavy atom. The van der Waals surface area contributed by atoms with E-state index < -0.39 is 68.2 Å². The first kappa shape index (κ1) is 43.8. The molecule has 342 valence electrons. The van der Waals surface area contributed by atoms with Gasteiger partial charge in [-0.15, -0.1) is 6.58 Å². The number of sulfonamides is 1. The van der Waals surface area contributed by atoms with Gasteiger partial charge in [0, 0.05) is 37.4 Å². The summed E-state index contributed by atoms with van der Waals surface area (Å²) in [5.74, 6) is -1.22. The Morgan fingerprint density at radius 3 is 2.51 bits per heavy atom. The largest absolute Gasteiger partial charge is 0.491 e. The summed E-state index contributed by atoms with van der Waals surface area (Å²) >= 11 is 0. The van der Waals surface area contributed by atoms with Crippen molar-refractivity contribution in [2.24, 2.45) is 17.8 Å². The van der Waals surface area contributed by atoms with Crippen LogP contribution in [0.5, 0.6) is 11.6 Å². The molecule has 2 aromatic rings. The van der Waals surface area contributed by atoms with E-state index in [2.05, 4.69) is 26.8 Å². The fourth-order valence-electron chi connectivity index (χ4n) is 10.1. The quantitative estimate of drug-likeness (QED) is 0.274. The van der Waals surface area contributed by atoms with Crippen LogP contribution in [0.4, 0.5) is 4.79 Å². The van der Waals surface area contributed by atoms with Crippen LogP contribution in [0.25, 0.3) is 10.9 Å². The maximum Gasteiger partial charge on any atom is 0.408 e. The minimum atomic E-state index is -4.01. The number of morpholine rings is 1. The van der Waals surface area contributed by atoms with Crippen molar-refractivity contribution >= 4 is 44.7 Å². The molecule has 4 amide bonds. The molecule has 0 radical (unpaired) electrons. The molecule has 16 nitrogen and oxygen atoms in total. The molecule has 3 aliphatic heterocycles. The molecule has 0 spiro atoms. The number of carbonyl (C=O) groups is 4. The van der Waals surface area contributed by atoms with Crippen LogP contribution >= 0.6 is 0 Å². The lowest BCUT2D eigenvalue weighted by Crippen LogP contribution is -2.59. The summed E-state index contributed by atoms with van der Waals surface area (Å²) in [7, 11) is -4.01. The molecule has 4 saturated carbocycles. The molecule has 17 heteroatoms. The van der Waals surface area contributed by atoms with Gasteiger partial charge in [-0.25, -0.2) is 18.2 Å². The van der Waals surface area contributed by atoms with Crippen LogP contribution in [0, 0.1) is 17.8 Å². The van der Waals surface area contributed by atoms with Gasteiger partial charge in [0.1, 0.15) is 42.2 Å². The Morgan fingerprint density at radius 1 is 1.02 bits per heavy atom. The summed E-state index contributed by atoms with van der Waals surface area (Å²) < 4.78 is 52.6. The number of fused-ring (bicyclic) bond motifs is 5. The highest BCUT2D eigenvalue weighted by Crippen LogP contribution is 2.47. The van der Waals surface area contributed by atoms with Crippen molar-refractivity contribution in [1.82, 2.24) is 30.1 Å². The molecule has 9 rings (SSSR count). The summed E-state index contributed by atoms with van der Waals surface area (Å²) in [6.45, 7) is 9.67. The fraction of sp³-hybridized carbons (Fsp3) is 0.674. The fourth-order valence-corrected chi connectivity index (χ4v) is 11.4. The number of para-hydroxylation sites is 1. The van der Waals surface area contributed by atoms with Crippen LogP contribution in [0.1, 0.15) is 96.0 Å². The van der Waals surface area contributed by atoms with Gasteiger partial charge in [0.2, 0.25) is 27.7 Å². The number of carbonyl (C=O) groups excluding carboxylic acids is 4. The number of nitrogens with one attached hydrogen (secondary N) is 3. The van der Waals surface area contributed by atoms with E-state index in [9.17, 15) is 27.6 Å². The number of ether oxygens (including phenoxy) is 4. The second-order valence-corrected chi connectivity index (χ2v) is 21.3. The number of aromatic nitrogens is 1. The summed E-state index contributed by atoms with van der Waals surface area (Å²) in [4.78, 5) is 65.9. The van der Waals surface area contributed by atoms with Crippen LogP contribution in [-0.4, -0.2) is 128 Å². The normalized spacial score (nSPS) is 31.2. The first-order valence-corrected chi connectivity index (χ1v) is 24.7. The SMILES string of the molecule is C=C[C@@H]1C[C@]1(NC(=O)[C@@H]1C[C@@H]2CN1C(=O)[C@H](C1CCCC1)NC(=O)O[C@@H]1CC1CCCCCc1c(nc3ccccc3c1OCCN1CCOCC1)O2)C(=O)NS(=O)(=O)C1(C)CC1. The highest BCUT2D eigenvalue weighted by atomic mass is 32.2. The van der Waals surface area contributed by atoms with Crippen molar-refractivity contribution in [2.45, 2.75) is 131 Å². The number of benzene rings is 1. The highest BCUT2D eigenvalue weighted by molar-refractivity contribution is 7.91. The summed E-state index contributed by atoms with van der Waals surface area (Å²) in [6, 6.07) is 5.74. The Labute approximate surface area is 369 Å². The number of amides is 4. The Kier molecular flexibility index (Phi) is 12.4. The summed E-state index contributed by atoms with van der Waals surface area (Å²) in [5.41, 5.74) is -0.0408. The molecule has 1 aromatic heterocycles. The van der Waals surface area contributed by atoms with Crippen LogP contribution in [0.2, 0.25) is 0 Å². The van der Waals surface area contributed by atoms with E-state index >= 15 is 0 Å². The monoisotopic (exact) mass is 890 g/mol. The van der Waals surface area contributed by atoms with Gasteiger partial charge in [-0.1, -0.05) is 43.9 Å². The molecule has 1 unspecified atom stereocenters. The van der Waals surface area contributed by atoms with Crippen molar-refractivity contribution < 1.29 is 46.5 Å². The third-order valence-corrected chi connectivity index (χ3v) is 16.9. The molecular weight excluding hydrogens is 829 g/mol.